The standard InChI is InChI=1S/C91H161N3O39/c1-6-8-10-12-14-16-18-20-21-22-23-24-25-26-27-29-31-33-35-37-39-41-66(108)94-56(57(104)40-38-36-34-32-30-28-19-17-15-13-11-9-7-2)51-122-85-76(116)74(114)79(64(49-99)125-85)128-87-77(117)83(80(65(50-100)126-87)129-84-55(42-52(3)101)78(71(111)62(47-97)123-84)127-86-75(115)73(113)70(110)61(46-96)124-86)133-91(89(120)121)44-59(106)68(93-54(5)103)82(132-91)72(112)63(48-98)130-90(88(118)119)43-58(105)67(92-53(4)102)81(131-90)69(109)60(107)45-95/h20-21,55-65,67-87,95-100,104-107,109-117H,6-19,22-51H2,1-5H3,(H,92,102)(H,93,103)(H,94,108)(H,118,119)(H,120,121). The third-order valence-corrected chi connectivity index (χ3v) is 25.9. The van der Waals surface area contributed by atoms with Crippen molar-refractivity contribution in [2.45, 2.75) is 474 Å². The van der Waals surface area contributed by atoms with E-state index in [1.807, 2.05) is 0 Å². The van der Waals surface area contributed by atoms with Crippen molar-refractivity contribution in [1.82, 2.24) is 16.0 Å². The number of aliphatic hydroxyl groups excluding tert-OH is 19. The van der Waals surface area contributed by atoms with Gasteiger partial charge in [-0.2, -0.15) is 0 Å². The van der Waals surface area contributed by atoms with Gasteiger partial charge in [-0.1, -0.05) is 199 Å². The summed E-state index contributed by atoms with van der Waals surface area (Å²) in [6.07, 6.45) is -24.4. The molecule has 6 fully saturated rings. The van der Waals surface area contributed by atoms with E-state index in [1.165, 1.54) is 103 Å². The van der Waals surface area contributed by atoms with E-state index in [2.05, 4.69) is 41.9 Å². The first-order valence-electron chi connectivity index (χ1n) is 48.4. The van der Waals surface area contributed by atoms with Crippen molar-refractivity contribution >= 4 is 35.4 Å². The molecule has 3 amide bonds. The largest absolute Gasteiger partial charge is 0.477 e. The minimum absolute atomic E-state index is 0.109. The Morgan fingerprint density at radius 1 is 0.421 bits per heavy atom. The maximum Gasteiger partial charge on any atom is 0.364 e. The summed E-state index contributed by atoms with van der Waals surface area (Å²) in [7, 11) is 0. The van der Waals surface area contributed by atoms with E-state index in [4.69, 9.17) is 56.8 Å². The van der Waals surface area contributed by atoms with Gasteiger partial charge in [-0.05, 0) is 45.4 Å². The van der Waals surface area contributed by atoms with Gasteiger partial charge in [0.1, 0.15) is 128 Å². The Morgan fingerprint density at radius 2 is 0.835 bits per heavy atom. The predicted octanol–water partition coefficient (Wildman–Crippen LogP) is -0.437. The highest BCUT2D eigenvalue weighted by Gasteiger charge is 2.64. The van der Waals surface area contributed by atoms with E-state index < -0.39 is 308 Å². The van der Waals surface area contributed by atoms with Crippen LogP contribution in [0.25, 0.3) is 0 Å². The van der Waals surface area contributed by atoms with Crippen LogP contribution in [0.4, 0.5) is 0 Å². The van der Waals surface area contributed by atoms with Gasteiger partial charge in [0.15, 0.2) is 25.2 Å². The Hall–Kier alpha value is -4.48. The van der Waals surface area contributed by atoms with Crippen LogP contribution in [-0.4, -0.2) is 390 Å². The molecule has 0 saturated carbocycles. The van der Waals surface area contributed by atoms with Gasteiger partial charge in [0.25, 0.3) is 11.6 Å². The normalized spacial score (nSPS) is 34.1. The number of carbonyl (C=O) groups excluding carboxylic acids is 4. The van der Waals surface area contributed by atoms with Gasteiger partial charge in [-0.15, -0.1) is 0 Å². The van der Waals surface area contributed by atoms with Crippen LogP contribution in [0.2, 0.25) is 0 Å². The van der Waals surface area contributed by atoms with Gasteiger partial charge in [0.2, 0.25) is 17.7 Å². The van der Waals surface area contributed by atoms with Crippen LogP contribution in [0.15, 0.2) is 12.2 Å². The minimum Gasteiger partial charge on any atom is -0.477 e. The first-order chi connectivity index (χ1) is 63.6. The molecule has 42 heteroatoms. The van der Waals surface area contributed by atoms with Crippen LogP contribution >= 0.6 is 0 Å². The van der Waals surface area contributed by atoms with E-state index in [-0.39, 0.29) is 12.8 Å². The third kappa shape index (κ3) is 35.9. The number of ketones is 1. The monoisotopic (exact) mass is 1920 g/mol. The first kappa shape index (κ1) is 117. The zero-order chi connectivity index (χ0) is 98.1. The summed E-state index contributed by atoms with van der Waals surface area (Å²) < 4.78 is 72.7. The lowest BCUT2D eigenvalue weighted by atomic mass is 9.86. The maximum atomic E-state index is 14.5. The fraction of sp³-hybridized carbons (Fsp3) is 0.912. The van der Waals surface area contributed by atoms with Crippen LogP contribution < -0.4 is 16.0 Å². The number of carboxylic acid groups (broad SMARTS) is 2. The Balaban J connectivity index is 1.28. The van der Waals surface area contributed by atoms with Gasteiger partial charge in [-0.3, -0.25) is 14.4 Å². The lowest BCUT2D eigenvalue weighted by molar-refractivity contribution is -0.407. The molecule has 6 aliphatic rings. The fourth-order valence-corrected chi connectivity index (χ4v) is 18.2. The summed E-state index contributed by atoms with van der Waals surface area (Å²) in [5.41, 5.74) is 0. The number of nitrogens with one attached hydrogen (secondary N) is 3. The molecule has 0 aromatic rings. The first-order valence-corrected chi connectivity index (χ1v) is 48.4. The van der Waals surface area contributed by atoms with Crippen molar-refractivity contribution in [3.05, 3.63) is 12.2 Å². The SMILES string of the molecule is CCCCCCCCC=CCCCCCCCCCCCCCC(=O)NC(COC1OC(CO)C(OC2OC(CO)C(OC3OC(CO)C(O)C(OC4OC(CO)C(O)C(O)C4O)C3CC(C)=O)C(OC3(C(=O)O)CC(O)C(NC(C)=O)C(C(O)C(CO)OC4(C(=O)O)CC(O)C(NC(C)=O)C(C(O)C(O)CO)O4)O3)C2O)C(O)C1O)C(O)CCCCCCCCCCCCCCC. The average molecular weight is 1920 g/mol. The molecule has 0 aromatic carbocycles. The van der Waals surface area contributed by atoms with Gasteiger partial charge in [0.05, 0.1) is 88.8 Å². The van der Waals surface area contributed by atoms with Crippen molar-refractivity contribution in [3.63, 3.8) is 0 Å². The molecule has 133 heavy (non-hydrogen) atoms. The van der Waals surface area contributed by atoms with Crippen LogP contribution in [0.1, 0.15) is 272 Å². The molecule has 6 heterocycles. The molecule has 6 aliphatic heterocycles. The number of carbonyl (C=O) groups is 6. The lowest BCUT2D eigenvalue weighted by Crippen LogP contribution is -2.72. The van der Waals surface area contributed by atoms with Crippen LogP contribution in [0.3, 0.4) is 0 Å². The van der Waals surface area contributed by atoms with Crippen LogP contribution in [-0.2, 0) is 85.6 Å². The van der Waals surface area contributed by atoms with Gasteiger partial charge >= 0.3 is 11.9 Å². The number of unbranched alkanes of at least 4 members (excludes halogenated alkanes) is 29. The van der Waals surface area contributed by atoms with E-state index >= 15 is 0 Å². The number of Topliss-reactive ketones (excluding diaryl/α,β-unsaturated/α-hetero) is 1. The topological polar surface area (TPSA) is 674 Å². The second-order valence-electron chi connectivity index (χ2n) is 36.7. The van der Waals surface area contributed by atoms with E-state index in [0.717, 1.165) is 111 Å². The van der Waals surface area contributed by atoms with Crippen LogP contribution in [0, 0.1) is 5.92 Å². The molecular weight excluding hydrogens is 1760 g/mol. The molecule has 0 aromatic heterocycles. The second-order valence-corrected chi connectivity index (χ2v) is 36.7. The number of rotatable bonds is 66. The quantitative estimate of drug-likeness (QED) is 0.0271. The predicted molar refractivity (Wildman–Crippen MR) is 469 cm³/mol. The number of hydrogen-bond donors (Lipinski definition) is 24. The highest BCUT2D eigenvalue weighted by atomic mass is 16.8. The Labute approximate surface area is 779 Å². The molecule has 0 bridgehead atoms. The molecule has 6 saturated heterocycles. The average Bonchev–Trinajstić information content (AvgIpc) is 0.746. The van der Waals surface area contributed by atoms with Gasteiger partial charge < -0.3 is 185 Å². The molecule has 0 radical (unpaired) electrons. The number of aliphatic carboxylic acids is 2. The summed E-state index contributed by atoms with van der Waals surface area (Å²) in [5, 5.41) is 246. The summed E-state index contributed by atoms with van der Waals surface area (Å²) in [5.74, 6) is -16.5. The van der Waals surface area contributed by atoms with Gasteiger partial charge in [-0.25, -0.2) is 9.59 Å². The number of aliphatic hydroxyl groups is 19. The van der Waals surface area contributed by atoms with Crippen molar-refractivity contribution in [2.75, 3.05) is 46.2 Å². The second kappa shape index (κ2) is 61.3. The summed E-state index contributed by atoms with van der Waals surface area (Å²) in [6, 6.07) is -5.01. The Kier molecular flexibility index (Phi) is 54.0. The number of allylic oxidation sites excluding steroid dienone is 2. The van der Waals surface area contributed by atoms with Gasteiger partial charge in [0, 0.05) is 45.4 Å². The molecule has 42 nitrogen and oxygen atoms in total. The van der Waals surface area contributed by atoms with Crippen molar-refractivity contribution in [1.29, 1.82) is 0 Å². The van der Waals surface area contributed by atoms with Crippen molar-refractivity contribution < 1.29 is 193 Å². The fourth-order valence-electron chi connectivity index (χ4n) is 18.2. The smallest absolute Gasteiger partial charge is 0.364 e. The summed E-state index contributed by atoms with van der Waals surface area (Å²) in [4.78, 5) is 80.7. The number of carboxylic acids is 2. The summed E-state index contributed by atoms with van der Waals surface area (Å²) >= 11 is 0. The number of amides is 3. The minimum atomic E-state index is -3.67. The van der Waals surface area contributed by atoms with E-state index in [9.17, 15) is 136 Å². The molecule has 24 N–H and O–H groups in total. The molecule has 6 rings (SSSR count). The molecular formula is C91H161N3O39. The number of ether oxygens (including phenoxy) is 12. The highest BCUT2D eigenvalue weighted by Crippen LogP contribution is 2.44. The summed E-state index contributed by atoms with van der Waals surface area (Å²) in [6.45, 7) is -0.687. The zero-order valence-electron chi connectivity index (χ0n) is 78.0. The van der Waals surface area contributed by atoms with E-state index in [0.29, 0.717) is 12.8 Å². The highest BCUT2D eigenvalue weighted by molar-refractivity contribution is 5.78. The van der Waals surface area contributed by atoms with Crippen molar-refractivity contribution in [2.24, 2.45) is 5.92 Å². The van der Waals surface area contributed by atoms with Crippen molar-refractivity contribution in [3.8, 4) is 0 Å². The Bertz CT molecular complexity index is 3310. The van der Waals surface area contributed by atoms with E-state index in [1.54, 1.807) is 0 Å². The van der Waals surface area contributed by atoms with Crippen LogP contribution in [0.5, 0.6) is 0 Å². The third-order valence-electron chi connectivity index (χ3n) is 25.9. The molecule has 34 atom stereocenters. The Morgan fingerprint density at radius 3 is 1.32 bits per heavy atom. The molecule has 774 valence electrons. The molecule has 0 spiro atoms. The molecule has 0 aliphatic carbocycles. The lowest BCUT2D eigenvalue weighted by Gasteiger charge is -2.53. The zero-order valence-corrected chi connectivity index (χ0v) is 78.0. The molecule has 34 unspecified atom stereocenters. The number of hydrogen-bond acceptors (Lipinski definition) is 37. The maximum absolute atomic E-state index is 14.5.